The van der Waals surface area contributed by atoms with Crippen molar-refractivity contribution in [3.05, 3.63) is 0 Å². The van der Waals surface area contributed by atoms with Crippen molar-refractivity contribution in [1.29, 1.82) is 16.2 Å². The zero-order valence-corrected chi connectivity index (χ0v) is 16.4. The molecule has 0 aromatic carbocycles. The first-order valence-electron chi connectivity index (χ1n) is 9.01. The third-order valence-corrected chi connectivity index (χ3v) is 3.81. The van der Waals surface area contributed by atoms with Crippen molar-refractivity contribution >= 4 is 17.5 Å². The molecule has 12 N–H and O–H groups in total. The summed E-state index contributed by atoms with van der Waals surface area (Å²) in [7, 11) is 0. The van der Waals surface area contributed by atoms with Gasteiger partial charge in [-0.1, -0.05) is 0 Å². The first-order valence-corrected chi connectivity index (χ1v) is 9.01. The number of ether oxygens (including phenoxy) is 3. The molecule has 0 bridgehead atoms. The van der Waals surface area contributed by atoms with E-state index < -0.39 is 31.0 Å². The molecule has 0 saturated heterocycles. The van der Waals surface area contributed by atoms with Crippen LogP contribution in [0.4, 0.5) is 0 Å². The van der Waals surface area contributed by atoms with Gasteiger partial charge in [0.2, 0.25) is 0 Å². The minimum atomic E-state index is -1.60. The fourth-order valence-electron chi connectivity index (χ4n) is 2.14. The van der Waals surface area contributed by atoms with E-state index in [4.69, 9.17) is 51.2 Å². The predicted octanol–water partition coefficient (Wildman–Crippen LogP) is -2.47. The number of hydroxylamine groups is 3. The van der Waals surface area contributed by atoms with Gasteiger partial charge in [0.15, 0.2) is 0 Å². The van der Waals surface area contributed by atoms with E-state index in [9.17, 15) is 10.2 Å². The summed E-state index contributed by atoms with van der Waals surface area (Å²) in [4.78, 5) is 0. The van der Waals surface area contributed by atoms with Gasteiger partial charge in [0.1, 0.15) is 41.9 Å². The number of amidine groups is 3. The van der Waals surface area contributed by atoms with Crippen LogP contribution < -0.4 is 16.4 Å². The van der Waals surface area contributed by atoms with Crippen molar-refractivity contribution < 1.29 is 45.2 Å². The Kier molecular flexibility index (Phi) is 15.7. The molecule has 0 rings (SSSR count). The lowest BCUT2D eigenvalue weighted by molar-refractivity contribution is -0.167. The number of nitrogens with one attached hydrogen (secondary N) is 6. The highest BCUT2D eigenvalue weighted by molar-refractivity contribution is 5.78. The normalized spacial score (nSPS) is 15.0. The standard InChI is InChI=1S/C15H32N6O9/c16-11(19-25)1-4-28-8-10(29-5-2-12(17)20-26)15(14(24)9(23)7-22)30-6-3-13(18)21-27/h9-10,14-15,22-27H,1-8H2,(H2,16,19)(H2,17,20)(H2,18,21). The Morgan fingerprint density at radius 3 is 1.70 bits per heavy atom. The first-order chi connectivity index (χ1) is 14.3. The van der Waals surface area contributed by atoms with Gasteiger partial charge < -0.3 is 29.5 Å². The van der Waals surface area contributed by atoms with Gasteiger partial charge in [0.05, 0.1) is 33.0 Å². The van der Waals surface area contributed by atoms with Crippen LogP contribution in [0.3, 0.4) is 0 Å². The van der Waals surface area contributed by atoms with Crippen LogP contribution in [0.2, 0.25) is 0 Å². The predicted molar refractivity (Wildman–Crippen MR) is 101 cm³/mol. The van der Waals surface area contributed by atoms with Crippen molar-refractivity contribution in [2.45, 2.75) is 43.7 Å². The summed E-state index contributed by atoms with van der Waals surface area (Å²) in [5, 5.41) is 77.2. The van der Waals surface area contributed by atoms with E-state index in [2.05, 4.69) is 0 Å². The molecule has 0 radical (unpaired) electrons. The zero-order valence-electron chi connectivity index (χ0n) is 16.4. The highest BCUT2D eigenvalue weighted by Gasteiger charge is 2.34. The van der Waals surface area contributed by atoms with E-state index in [1.54, 1.807) is 16.4 Å². The maximum Gasteiger partial charge on any atom is 0.120 e. The van der Waals surface area contributed by atoms with Gasteiger partial charge >= 0.3 is 0 Å². The largest absolute Gasteiger partial charge is 0.394 e. The molecular formula is C15H32N6O9. The van der Waals surface area contributed by atoms with Gasteiger partial charge in [-0.15, -0.1) is 0 Å². The van der Waals surface area contributed by atoms with E-state index in [0.717, 1.165) is 0 Å². The molecule has 15 nitrogen and oxygen atoms in total. The van der Waals surface area contributed by atoms with Crippen LogP contribution >= 0.6 is 0 Å². The van der Waals surface area contributed by atoms with Gasteiger partial charge in [0.25, 0.3) is 0 Å². The van der Waals surface area contributed by atoms with Crippen LogP contribution in [0.15, 0.2) is 0 Å². The number of aliphatic hydroxyl groups excluding tert-OH is 3. The highest BCUT2D eigenvalue weighted by atomic mass is 16.6. The summed E-state index contributed by atoms with van der Waals surface area (Å²) in [6.45, 7) is -1.19. The molecule has 0 heterocycles. The Morgan fingerprint density at radius 1 is 0.767 bits per heavy atom. The summed E-state index contributed by atoms with van der Waals surface area (Å²) < 4.78 is 16.5. The molecule has 0 aliphatic carbocycles. The third kappa shape index (κ3) is 11.9. The van der Waals surface area contributed by atoms with Crippen molar-refractivity contribution in [1.82, 2.24) is 16.4 Å². The maximum absolute atomic E-state index is 10.3. The highest BCUT2D eigenvalue weighted by Crippen LogP contribution is 2.15. The topological polar surface area (TPSA) is 257 Å². The van der Waals surface area contributed by atoms with E-state index in [-0.39, 0.29) is 63.2 Å². The molecule has 0 amide bonds. The van der Waals surface area contributed by atoms with Crippen LogP contribution in [0.5, 0.6) is 0 Å². The second-order valence-electron chi connectivity index (χ2n) is 6.08. The summed E-state index contributed by atoms with van der Waals surface area (Å²) in [6.07, 6.45) is -5.44. The van der Waals surface area contributed by atoms with E-state index in [1.165, 1.54) is 0 Å². The van der Waals surface area contributed by atoms with Crippen LogP contribution in [0, 0.1) is 16.2 Å². The van der Waals surface area contributed by atoms with E-state index in [1.807, 2.05) is 0 Å². The number of hydrogen-bond donors (Lipinski definition) is 12. The fraction of sp³-hybridized carbons (Fsp3) is 0.800. The Hall–Kier alpha value is -1.95. The second kappa shape index (κ2) is 16.8. The summed E-state index contributed by atoms with van der Waals surface area (Å²) >= 11 is 0. The minimum Gasteiger partial charge on any atom is -0.394 e. The molecule has 0 aromatic heterocycles. The average molecular weight is 440 g/mol. The first kappa shape index (κ1) is 28.1. The molecule has 0 aliphatic rings. The van der Waals surface area contributed by atoms with Crippen LogP contribution in [0.1, 0.15) is 19.3 Å². The number of aliphatic hydroxyl groups is 3. The summed E-state index contributed by atoms with van der Waals surface area (Å²) in [5.74, 6) is -0.668. The minimum absolute atomic E-state index is 0.00468. The molecule has 0 spiro atoms. The molecule has 4 atom stereocenters. The van der Waals surface area contributed by atoms with Crippen LogP contribution in [-0.2, 0) is 14.2 Å². The quantitative estimate of drug-likeness (QED) is 0.0486. The van der Waals surface area contributed by atoms with Gasteiger partial charge in [-0.2, -0.15) is 0 Å². The smallest absolute Gasteiger partial charge is 0.120 e. The Balaban J connectivity index is 5.15. The zero-order chi connectivity index (χ0) is 22.9. The Labute approximate surface area is 173 Å². The van der Waals surface area contributed by atoms with Crippen molar-refractivity contribution in [3.63, 3.8) is 0 Å². The second-order valence-corrected chi connectivity index (χ2v) is 6.08. The van der Waals surface area contributed by atoms with Crippen molar-refractivity contribution in [2.24, 2.45) is 0 Å². The molecule has 0 saturated carbocycles. The van der Waals surface area contributed by atoms with Crippen LogP contribution in [0.25, 0.3) is 0 Å². The maximum atomic E-state index is 10.3. The van der Waals surface area contributed by atoms with Crippen LogP contribution in [-0.4, -0.2) is 106 Å². The van der Waals surface area contributed by atoms with Gasteiger partial charge in [-0.25, -0.2) is 0 Å². The average Bonchev–Trinajstić information content (AvgIpc) is 2.76. The molecule has 176 valence electrons. The molecule has 4 unspecified atom stereocenters. The van der Waals surface area contributed by atoms with Crippen molar-refractivity contribution in [3.8, 4) is 0 Å². The summed E-state index contributed by atoms with van der Waals surface area (Å²) in [6, 6.07) is 0. The molecule has 0 aromatic rings. The molecule has 15 heteroatoms. The van der Waals surface area contributed by atoms with E-state index >= 15 is 0 Å². The number of rotatable bonds is 17. The van der Waals surface area contributed by atoms with Gasteiger partial charge in [0, 0.05) is 19.3 Å². The molecule has 0 fully saturated rings. The SMILES string of the molecule is N=C(CCOCC(OCCC(=N)NO)C(OCCC(=N)NO)C(O)C(O)CO)NO. The molecule has 0 aliphatic heterocycles. The lowest BCUT2D eigenvalue weighted by Crippen LogP contribution is -2.50. The third-order valence-electron chi connectivity index (χ3n) is 3.81. The van der Waals surface area contributed by atoms with Gasteiger partial charge in [-0.05, 0) is 0 Å². The van der Waals surface area contributed by atoms with Gasteiger partial charge in [-0.3, -0.25) is 48.3 Å². The van der Waals surface area contributed by atoms with E-state index in [0.29, 0.717) is 0 Å². The Morgan fingerprint density at radius 2 is 1.23 bits per heavy atom. The summed E-state index contributed by atoms with van der Waals surface area (Å²) in [5.41, 5.74) is 4.95. The lowest BCUT2D eigenvalue weighted by Gasteiger charge is -2.32. The van der Waals surface area contributed by atoms with Crippen molar-refractivity contribution in [2.75, 3.05) is 33.0 Å². The fourth-order valence-corrected chi connectivity index (χ4v) is 2.14. The Bertz CT molecular complexity index is 513. The monoisotopic (exact) mass is 440 g/mol. The molecular weight excluding hydrogens is 408 g/mol. The molecule has 30 heavy (non-hydrogen) atoms. The number of hydrogen-bond acceptors (Lipinski definition) is 12. The lowest BCUT2D eigenvalue weighted by atomic mass is 10.0.